The Labute approximate surface area is 129 Å². The fourth-order valence-electron chi connectivity index (χ4n) is 3.92. The lowest BCUT2D eigenvalue weighted by Gasteiger charge is -2.34. The van der Waals surface area contributed by atoms with Gasteiger partial charge in [-0.25, -0.2) is 0 Å². The van der Waals surface area contributed by atoms with E-state index in [9.17, 15) is 4.79 Å². The Hall–Kier alpha value is -1.80. The third-order valence-electron chi connectivity index (χ3n) is 4.78. The lowest BCUT2D eigenvalue weighted by atomic mass is 9.81. The van der Waals surface area contributed by atoms with Crippen LogP contribution in [0.1, 0.15) is 39.9 Å². The lowest BCUT2D eigenvalue weighted by Crippen LogP contribution is -2.39. The summed E-state index contributed by atoms with van der Waals surface area (Å²) in [5.74, 6) is 0.140. The maximum absolute atomic E-state index is 12.7. The van der Waals surface area contributed by atoms with Crippen molar-refractivity contribution < 1.29 is 4.79 Å². The van der Waals surface area contributed by atoms with Crippen LogP contribution in [-0.2, 0) is 5.54 Å². The van der Waals surface area contributed by atoms with Gasteiger partial charge in [0.25, 0.3) is 5.91 Å². The number of carbonyl (C=O) groups excluding carboxylic acids is 1. The molecule has 0 N–H and O–H groups in total. The van der Waals surface area contributed by atoms with E-state index in [1.54, 1.807) is 0 Å². The van der Waals surface area contributed by atoms with E-state index >= 15 is 0 Å². The summed E-state index contributed by atoms with van der Waals surface area (Å²) in [6.45, 7) is 2.91. The zero-order chi connectivity index (χ0) is 14.6. The molecule has 0 saturated carbocycles. The molecule has 1 unspecified atom stereocenters. The average Bonchev–Trinajstić information content (AvgIpc) is 3.00. The molecule has 2 heterocycles. The highest BCUT2D eigenvalue weighted by atomic mass is 35.5. The van der Waals surface area contributed by atoms with Gasteiger partial charge >= 0.3 is 0 Å². The molecule has 0 radical (unpaired) electrons. The molecule has 106 valence electrons. The molecule has 4 rings (SSSR count). The highest BCUT2D eigenvalue weighted by Crippen LogP contribution is 2.51. The minimum Gasteiger partial charge on any atom is -0.325 e. The number of nitrogens with zero attached hydrogens (tertiary/aromatic N) is 1. The summed E-state index contributed by atoms with van der Waals surface area (Å²) in [5.41, 5.74) is 3.98. The first kappa shape index (κ1) is 12.9. The molecule has 2 aliphatic rings. The van der Waals surface area contributed by atoms with Crippen LogP contribution in [0.4, 0.5) is 0 Å². The largest absolute Gasteiger partial charge is 0.325 e. The van der Waals surface area contributed by atoms with Gasteiger partial charge in [0.1, 0.15) is 0 Å². The fourth-order valence-corrected chi connectivity index (χ4v) is 4.09. The Morgan fingerprint density at radius 2 is 2.05 bits per heavy atom. The molecule has 1 saturated heterocycles. The van der Waals surface area contributed by atoms with Crippen LogP contribution in [0.25, 0.3) is 0 Å². The number of aryl methyl sites for hydroxylation is 1. The molecule has 1 amide bonds. The fraction of sp³-hybridized carbons (Fsp3) is 0.278. The van der Waals surface area contributed by atoms with Crippen molar-refractivity contribution in [3.63, 3.8) is 0 Å². The zero-order valence-corrected chi connectivity index (χ0v) is 12.7. The smallest absolute Gasteiger partial charge is 0.255 e. The Morgan fingerprint density at radius 3 is 2.86 bits per heavy atom. The number of halogens is 1. The van der Waals surface area contributed by atoms with Gasteiger partial charge in [0.2, 0.25) is 0 Å². The van der Waals surface area contributed by atoms with Gasteiger partial charge in [-0.3, -0.25) is 4.79 Å². The van der Waals surface area contributed by atoms with Crippen molar-refractivity contribution >= 4 is 17.5 Å². The van der Waals surface area contributed by atoms with Gasteiger partial charge in [-0.1, -0.05) is 41.4 Å². The topological polar surface area (TPSA) is 20.3 Å². The molecule has 0 spiro atoms. The van der Waals surface area contributed by atoms with E-state index in [1.165, 1.54) is 11.1 Å². The Kier molecular flexibility index (Phi) is 2.67. The average molecular weight is 298 g/mol. The van der Waals surface area contributed by atoms with Crippen LogP contribution in [0, 0.1) is 6.92 Å². The third kappa shape index (κ3) is 1.63. The Morgan fingerprint density at radius 1 is 1.19 bits per heavy atom. The number of benzene rings is 2. The summed E-state index contributed by atoms with van der Waals surface area (Å²) in [6, 6.07) is 14.1. The molecule has 21 heavy (non-hydrogen) atoms. The first-order valence-electron chi connectivity index (χ1n) is 7.32. The van der Waals surface area contributed by atoms with Gasteiger partial charge in [-0.05, 0) is 49.1 Å². The number of rotatable bonds is 1. The molecule has 3 heteroatoms. The van der Waals surface area contributed by atoms with E-state index in [1.807, 2.05) is 23.1 Å². The van der Waals surface area contributed by atoms with Gasteiger partial charge in [0, 0.05) is 17.1 Å². The normalized spacial score (nSPS) is 23.3. The second-order valence-corrected chi connectivity index (χ2v) is 6.42. The minimum atomic E-state index is -0.316. The second kappa shape index (κ2) is 4.35. The van der Waals surface area contributed by atoms with Crippen molar-refractivity contribution in [1.82, 2.24) is 4.90 Å². The molecule has 0 aliphatic carbocycles. The van der Waals surface area contributed by atoms with E-state index in [0.717, 1.165) is 30.5 Å². The van der Waals surface area contributed by atoms with E-state index in [-0.39, 0.29) is 11.4 Å². The summed E-state index contributed by atoms with van der Waals surface area (Å²) in [4.78, 5) is 14.8. The Bertz CT molecular complexity index is 755. The maximum atomic E-state index is 12.7. The summed E-state index contributed by atoms with van der Waals surface area (Å²) < 4.78 is 0. The first-order chi connectivity index (χ1) is 10.1. The Balaban J connectivity index is 2.02. The molecule has 0 bridgehead atoms. The monoisotopic (exact) mass is 297 g/mol. The maximum Gasteiger partial charge on any atom is 0.255 e. The van der Waals surface area contributed by atoms with E-state index < -0.39 is 0 Å². The van der Waals surface area contributed by atoms with Gasteiger partial charge < -0.3 is 4.90 Å². The van der Waals surface area contributed by atoms with E-state index in [2.05, 4.69) is 31.2 Å². The molecular weight excluding hydrogens is 282 g/mol. The van der Waals surface area contributed by atoms with E-state index in [4.69, 9.17) is 11.6 Å². The summed E-state index contributed by atoms with van der Waals surface area (Å²) >= 11 is 6.21. The van der Waals surface area contributed by atoms with Crippen molar-refractivity contribution in [2.75, 3.05) is 6.54 Å². The standard InChI is InChI=1S/C18H16ClNO/c1-12-4-2-5-13(10-12)18-8-3-9-20(18)17(21)15-7-6-14(19)11-16(15)18/h2,4-7,10-11H,3,8-9H2,1H3. The van der Waals surface area contributed by atoms with Crippen molar-refractivity contribution in [3.05, 3.63) is 69.7 Å². The van der Waals surface area contributed by atoms with Crippen LogP contribution >= 0.6 is 11.6 Å². The number of carbonyl (C=O) groups is 1. The lowest BCUT2D eigenvalue weighted by molar-refractivity contribution is 0.0711. The predicted molar refractivity (Wildman–Crippen MR) is 83.7 cm³/mol. The van der Waals surface area contributed by atoms with E-state index in [0.29, 0.717) is 5.02 Å². The highest BCUT2D eigenvalue weighted by molar-refractivity contribution is 6.30. The number of amides is 1. The molecule has 1 fully saturated rings. The molecular formula is C18H16ClNO. The minimum absolute atomic E-state index is 0.140. The van der Waals surface area contributed by atoms with Crippen molar-refractivity contribution in [2.24, 2.45) is 0 Å². The number of fused-ring (bicyclic) bond motifs is 3. The summed E-state index contributed by atoms with van der Waals surface area (Å²) in [7, 11) is 0. The van der Waals surface area contributed by atoms with Crippen LogP contribution in [0.5, 0.6) is 0 Å². The molecule has 2 nitrogen and oxygen atoms in total. The number of hydrogen-bond donors (Lipinski definition) is 0. The molecule has 2 aromatic rings. The summed E-state index contributed by atoms with van der Waals surface area (Å²) in [5, 5.41) is 0.697. The third-order valence-corrected chi connectivity index (χ3v) is 5.01. The molecule has 1 atom stereocenters. The van der Waals surface area contributed by atoms with Gasteiger partial charge in [0.15, 0.2) is 0 Å². The van der Waals surface area contributed by atoms with Crippen molar-refractivity contribution in [1.29, 1.82) is 0 Å². The van der Waals surface area contributed by atoms with Crippen molar-refractivity contribution in [3.8, 4) is 0 Å². The van der Waals surface area contributed by atoms with Gasteiger partial charge in [0.05, 0.1) is 5.54 Å². The molecule has 2 aliphatic heterocycles. The molecule has 2 aromatic carbocycles. The van der Waals surface area contributed by atoms with Crippen LogP contribution in [0.15, 0.2) is 42.5 Å². The van der Waals surface area contributed by atoms with Gasteiger partial charge in [-0.2, -0.15) is 0 Å². The SMILES string of the molecule is Cc1cccc(C23CCCN2C(=O)c2ccc(Cl)cc23)c1. The highest BCUT2D eigenvalue weighted by Gasteiger charge is 2.53. The van der Waals surface area contributed by atoms with Crippen LogP contribution in [0.3, 0.4) is 0 Å². The number of hydrogen-bond acceptors (Lipinski definition) is 1. The molecule has 0 aromatic heterocycles. The van der Waals surface area contributed by atoms with Crippen LogP contribution in [-0.4, -0.2) is 17.4 Å². The van der Waals surface area contributed by atoms with Crippen LogP contribution < -0.4 is 0 Å². The quantitative estimate of drug-likeness (QED) is 0.774. The second-order valence-electron chi connectivity index (χ2n) is 5.98. The van der Waals surface area contributed by atoms with Gasteiger partial charge in [-0.15, -0.1) is 0 Å². The predicted octanol–water partition coefficient (Wildman–Crippen LogP) is 4.14. The zero-order valence-electron chi connectivity index (χ0n) is 11.9. The first-order valence-corrected chi connectivity index (χ1v) is 7.70. The van der Waals surface area contributed by atoms with Crippen molar-refractivity contribution in [2.45, 2.75) is 25.3 Å². The summed E-state index contributed by atoms with van der Waals surface area (Å²) in [6.07, 6.45) is 2.00. The van der Waals surface area contributed by atoms with Crippen LogP contribution in [0.2, 0.25) is 5.02 Å².